The monoisotopic (exact) mass is 370 g/mol. The Kier molecular flexibility index (Phi) is 5.87. The molecule has 9 heteroatoms. The first kappa shape index (κ1) is 18.6. The molecule has 0 aromatic heterocycles. The van der Waals surface area contributed by atoms with Crippen LogP contribution in [0.1, 0.15) is 28.9 Å². The third-order valence-corrected chi connectivity index (χ3v) is 3.67. The number of benzene rings is 2. The van der Waals surface area contributed by atoms with E-state index in [0.717, 1.165) is 6.07 Å². The highest BCUT2D eigenvalue weighted by atomic mass is 35.5. The first-order valence-electron chi connectivity index (χ1n) is 7.07. The molecule has 1 amide bonds. The molecule has 2 aromatic carbocycles. The molecule has 6 nitrogen and oxygen atoms in total. The van der Waals surface area contributed by atoms with Crippen molar-refractivity contribution in [2.45, 2.75) is 19.6 Å². The molecular formula is C16H13ClF2N2O4. The number of carbonyl (C=O) groups excluding carboxylic acids is 1. The molecule has 0 aliphatic heterocycles. The van der Waals surface area contributed by atoms with Gasteiger partial charge in [-0.15, -0.1) is 0 Å². The number of amides is 1. The summed E-state index contributed by atoms with van der Waals surface area (Å²) in [6.45, 7) is -1.22. The summed E-state index contributed by atoms with van der Waals surface area (Å²) in [6, 6.07) is 8.91. The quantitative estimate of drug-likeness (QED) is 0.605. The van der Waals surface area contributed by atoms with E-state index >= 15 is 0 Å². The summed E-state index contributed by atoms with van der Waals surface area (Å²) in [6.07, 6.45) is 0. The van der Waals surface area contributed by atoms with E-state index in [1.807, 2.05) is 0 Å². The summed E-state index contributed by atoms with van der Waals surface area (Å²) in [7, 11) is 0. The van der Waals surface area contributed by atoms with Crippen LogP contribution in [-0.2, 0) is 0 Å². The van der Waals surface area contributed by atoms with Crippen LogP contribution in [0.25, 0.3) is 0 Å². The van der Waals surface area contributed by atoms with Gasteiger partial charge in [0, 0.05) is 12.1 Å². The van der Waals surface area contributed by atoms with Crippen molar-refractivity contribution in [2.75, 3.05) is 0 Å². The summed E-state index contributed by atoms with van der Waals surface area (Å²) in [5, 5.41) is 13.3. The Morgan fingerprint density at radius 2 is 1.88 bits per heavy atom. The number of halogens is 3. The first-order valence-corrected chi connectivity index (χ1v) is 7.45. The summed E-state index contributed by atoms with van der Waals surface area (Å²) >= 11 is 5.91. The van der Waals surface area contributed by atoms with Gasteiger partial charge in [0.05, 0.1) is 21.6 Å². The third kappa shape index (κ3) is 4.87. The number of non-ortho nitro benzene ring substituents is 1. The van der Waals surface area contributed by atoms with E-state index < -0.39 is 23.5 Å². The smallest absolute Gasteiger partial charge is 0.387 e. The molecule has 25 heavy (non-hydrogen) atoms. The summed E-state index contributed by atoms with van der Waals surface area (Å²) in [5.41, 5.74) is 0.536. The predicted molar refractivity (Wildman–Crippen MR) is 87.1 cm³/mol. The van der Waals surface area contributed by atoms with E-state index in [0.29, 0.717) is 5.56 Å². The van der Waals surface area contributed by atoms with Crippen LogP contribution in [0.3, 0.4) is 0 Å². The van der Waals surface area contributed by atoms with Crippen molar-refractivity contribution >= 4 is 23.2 Å². The molecule has 1 atom stereocenters. The molecule has 0 radical (unpaired) electrons. The van der Waals surface area contributed by atoms with Gasteiger partial charge in [-0.1, -0.05) is 23.7 Å². The molecule has 0 bridgehead atoms. The van der Waals surface area contributed by atoms with Crippen LogP contribution in [0.2, 0.25) is 5.02 Å². The largest absolute Gasteiger partial charge is 0.435 e. The molecule has 0 saturated heterocycles. The van der Waals surface area contributed by atoms with Crippen LogP contribution in [0, 0.1) is 10.1 Å². The number of nitrogens with zero attached hydrogens (tertiary/aromatic N) is 1. The maximum Gasteiger partial charge on any atom is 0.387 e. The zero-order valence-corrected chi connectivity index (χ0v) is 13.7. The van der Waals surface area contributed by atoms with E-state index in [2.05, 4.69) is 10.1 Å². The van der Waals surface area contributed by atoms with E-state index in [9.17, 15) is 23.7 Å². The van der Waals surface area contributed by atoms with Gasteiger partial charge in [0.1, 0.15) is 5.75 Å². The Hall–Kier alpha value is -2.74. The van der Waals surface area contributed by atoms with Gasteiger partial charge in [0.2, 0.25) is 0 Å². The van der Waals surface area contributed by atoms with Crippen molar-refractivity contribution < 1.29 is 23.2 Å². The van der Waals surface area contributed by atoms with Crippen molar-refractivity contribution in [1.82, 2.24) is 5.32 Å². The number of nitro groups is 1. The molecule has 132 valence electrons. The van der Waals surface area contributed by atoms with Crippen LogP contribution in [0.5, 0.6) is 5.75 Å². The van der Waals surface area contributed by atoms with Gasteiger partial charge in [0.25, 0.3) is 11.6 Å². The van der Waals surface area contributed by atoms with Gasteiger partial charge < -0.3 is 10.1 Å². The molecule has 1 N–H and O–H groups in total. The van der Waals surface area contributed by atoms with Gasteiger partial charge >= 0.3 is 6.61 Å². The fourth-order valence-electron chi connectivity index (χ4n) is 2.10. The number of carbonyl (C=O) groups is 1. The number of ether oxygens (including phenoxy) is 1. The minimum atomic E-state index is -2.91. The van der Waals surface area contributed by atoms with Crippen molar-refractivity contribution in [3.8, 4) is 5.75 Å². The Morgan fingerprint density at radius 3 is 2.40 bits per heavy atom. The lowest BCUT2D eigenvalue weighted by Crippen LogP contribution is -2.26. The highest BCUT2D eigenvalue weighted by molar-refractivity contribution is 6.34. The molecule has 0 spiro atoms. The van der Waals surface area contributed by atoms with E-state index in [1.54, 1.807) is 19.1 Å². The Morgan fingerprint density at radius 1 is 1.24 bits per heavy atom. The molecule has 0 heterocycles. The number of nitro benzene ring substituents is 1. The lowest BCUT2D eigenvalue weighted by molar-refractivity contribution is -0.384. The lowest BCUT2D eigenvalue weighted by Gasteiger charge is -2.15. The number of rotatable bonds is 6. The fraction of sp³-hybridized carbons (Fsp3) is 0.188. The second kappa shape index (κ2) is 7.89. The zero-order valence-electron chi connectivity index (χ0n) is 12.9. The van der Waals surface area contributed by atoms with E-state index in [4.69, 9.17) is 11.6 Å². The normalized spacial score (nSPS) is 11.9. The van der Waals surface area contributed by atoms with Gasteiger partial charge in [-0.3, -0.25) is 14.9 Å². The number of hydrogen-bond acceptors (Lipinski definition) is 4. The van der Waals surface area contributed by atoms with Gasteiger partial charge in [-0.2, -0.15) is 8.78 Å². The van der Waals surface area contributed by atoms with Crippen molar-refractivity contribution in [3.63, 3.8) is 0 Å². The highest BCUT2D eigenvalue weighted by Gasteiger charge is 2.17. The summed E-state index contributed by atoms with van der Waals surface area (Å²) < 4.78 is 28.5. The highest BCUT2D eigenvalue weighted by Crippen LogP contribution is 2.24. The molecule has 0 fully saturated rings. The maximum absolute atomic E-state index is 12.3. The Labute approximate surface area is 146 Å². The number of hydrogen-bond donors (Lipinski definition) is 1. The van der Waals surface area contributed by atoms with Crippen molar-refractivity contribution in [2.24, 2.45) is 0 Å². The molecule has 0 aliphatic rings. The lowest BCUT2D eigenvalue weighted by atomic mass is 10.1. The van der Waals surface area contributed by atoms with Gasteiger partial charge in [-0.05, 0) is 30.7 Å². The SMILES string of the molecule is CC(NC(=O)c1ccc([N+](=O)[O-])cc1Cl)c1ccc(OC(F)F)cc1. The topological polar surface area (TPSA) is 81.5 Å². The van der Waals surface area contributed by atoms with Crippen molar-refractivity contribution in [3.05, 3.63) is 68.7 Å². The number of alkyl halides is 2. The van der Waals surface area contributed by atoms with E-state index in [1.165, 1.54) is 24.3 Å². The molecule has 1 unspecified atom stereocenters. The van der Waals surface area contributed by atoms with E-state index in [-0.39, 0.29) is 22.0 Å². The average Bonchev–Trinajstić information content (AvgIpc) is 2.54. The third-order valence-electron chi connectivity index (χ3n) is 3.36. The molecule has 0 saturated carbocycles. The molecular weight excluding hydrogens is 358 g/mol. The van der Waals surface area contributed by atoms with Crippen LogP contribution in [0.4, 0.5) is 14.5 Å². The zero-order chi connectivity index (χ0) is 18.6. The minimum Gasteiger partial charge on any atom is -0.435 e. The average molecular weight is 371 g/mol. The van der Waals surface area contributed by atoms with Gasteiger partial charge in [0.15, 0.2) is 0 Å². The van der Waals surface area contributed by atoms with Gasteiger partial charge in [-0.25, -0.2) is 0 Å². The summed E-state index contributed by atoms with van der Waals surface area (Å²) in [4.78, 5) is 22.3. The maximum atomic E-state index is 12.3. The first-order chi connectivity index (χ1) is 11.8. The standard InChI is InChI=1S/C16H13ClF2N2O4/c1-9(10-2-5-12(6-3-10)25-16(18)19)20-15(22)13-7-4-11(21(23)24)8-14(13)17/h2-9,16H,1H3,(H,20,22). The Balaban J connectivity index is 2.08. The summed E-state index contributed by atoms with van der Waals surface area (Å²) in [5.74, 6) is -0.504. The van der Waals surface area contributed by atoms with Crippen LogP contribution in [-0.4, -0.2) is 17.4 Å². The molecule has 2 aromatic rings. The minimum absolute atomic E-state index is 0.00990. The molecule has 0 aliphatic carbocycles. The predicted octanol–water partition coefficient (Wildman–Crippen LogP) is 4.34. The van der Waals surface area contributed by atoms with Crippen molar-refractivity contribution in [1.29, 1.82) is 0 Å². The second-order valence-electron chi connectivity index (χ2n) is 5.06. The Bertz CT molecular complexity index is 784. The van der Waals surface area contributed by atoms with Crippen LogP contribution >= 0.6 is 11.6 Å². The number of nitrogens with one attached hydrogen (secondary N) is 1. The molecule has 2 rings (SSSR count). The fourth-order valence-corrected chi connectivity index (χ4v) is 2.36. The second-order valence-corrected chi connectivity index (χ2v) is 5.47. The van der Waals surface area contributed by atoms with Crippen LogP contribution in [0.15, 0.2) is 42.5 Å². The van der Waals surface area contributed by atoms with Crippen LogP contribution < -0.4 is 10.1 Å².